The van der Waals surface area contributed by atoms with Gasteiger partial charge in [-0.05, 0) is 11.7 Å². The Morgan fingerprint density at radius 2 is 2.43 bits per heavy atom. The van der Waals surface area contributed by atoms with Crippen molar-refractivity contribution in [3.63, 3.8) is 0 Å². The summed E-state index contributed by atoms with van der Waals surface area (Å²) in [6.07, 6.45) is 1.91. The SMILES string of the molecule is [B]c1cccn1C. The molecule has 2 radical (unpaired) electrons. The Hall–Kier alpha value is -0.655. The van der Waals surface area contributed by atoms with Crippen LogP contribution in [0.5, 0.6) is 0 Å². The molecule has 1 rings (SSSR count). The zero-order valence-corrected chi connectivity index (χ0v) is 4.26. The van der Waals surface area contributed by atoms with Gasteiger partial charge in [0.05, 0.1) is 0 Å². The van der Waals surface area contributed by atoms with Crippen LogP contribution < -0.4 is 5.59 Å². The molecule has 34 valence electrons. The first-order valence-corrected chi connectivity index (χ1v) is 2.17. The molecule has 1 nitrogen and oxygen atoms in total. The first kappa shape index (κ1) is 4.50. The maximum Gasteiger partial charge on any atom is 0.138 e. The molecule has 1 aromatic heterocycles. The minimum atomic E-state index is 0.806. The topological polar surface area (TPSA) is 4.93 Å². The third-order valence-electron chi connectivity index (χ3n) is 0.984. The summed E-state index contributed by atoms with van der Waals surface area (Å²) in [6, 6.07) is 3.77. The van der Waals surface area contributed by atoms with Crippen LogP contribution in [-0.2, 0) is 7.05 Å². The van der Waals surface area contributed by atoms with Gasteiger partial charge in [-0.3, -0.25) is 0 Å². The Morgan fingerprint density at radius 3 is 2.57 bits per heavy atom. The zero-order chi connectivity index (χ0) is 5.28. The molecule has 1 aromatic rings. The van der Waals surface area contributed by atoms with Crippen molar-refractivity contribution in [2.75, 3.05) is 0 Å². The Labute approximate surface area is 44.4 Å². The molecule has 0 N–H and O–H groups in total. The van der Waals surface area contributed by atoms with E-state index in [0.717, 1.165) is 5.59 Å². The normalized spacial score (nSPS) is 9.29. The number of aryl methyl sites for hydroxylation is 1. The van der Waals surface area contributed by atoms with Gasteiger partial charge in [0, 0.05) is 13.2 Å². The average molecular weight is 90.9 g/mol. The molecule has 0 amide bonds. The van der Waals surface area contributed by atoms with E-state index in [1.165, 1.54) is 0 Å². The molecule has 0 aliphatic heterocycles. The molecule has 0 bridgehead atoms. The maximum atomic E-state index is 5.40. The molecule has 0 aliphatic carbocycles. The Bertz CT molecular complexity index is 140. The Kier molecular flexibility index (Phi) is 0.932. The highest BCUT2D eigenvalue weighted by Crippen LogP contribution is 1.76. The summed E-state index contributed by atoms with van der Waals surface area (Å²) in [4.78, 5) is 0. The lowest BCUT2D eigenvalue weighted by Gasteiger charge is -1.90. The first-order chi connectivity index (χ1) is 3.30. The highest BCUT2D eigenvalue weighted by molar-refractivity contribution is 6.30. The van der Waals surface area contributed by atoms with Crippen molar-refractivity contribution in [1.29, 1.82) is 0 Å². The van der Waals surface area contributed by atoms with Gasteiger partial charge >= 0.3 is 0 Å². The molecular weight excluding hydrogens is 84.9 g/mol. The second-order valence-corrected chi connectivity index (χ2v) is 1.54. The monoisotopic (exact) mass is 91.1 g/mol. The van der Waals surface area contributed by atoms with Gasteiger partial charge in [-0.2, -0.15) is 0 Å². The maximum absolute atomic E-state index is 5.40. The summed E-state index contributed by atoms with van der Waals surface area (Å²) in [7, 11) is 7.31. The van der Waals surface area contributed by atoms with E-state index >= 15 is 0 Å². The fraction of sp³-hybridized carbons (Fsp3) is 0.200. The molecule has 0 fully saturated rings. The lowest BCUT2D eigenvalue weighted by Crippen LogP contribution is -2.10. The lowest BCUT2D eigenvalue weighted by atomic mass is 10.1. The Morgan fingerprint density at radius 1 is 1.71 bits per heavy atom. The van der Waals surface area contributed by atoms with Gasteiger partial charge in [0.1, 0.15) is 7.85 Å². The number of hydrogen-bond acceptors (Lipinski definition) is 0. The fourth-order valence-corrected chi connectivity index (χ4v) is 0.474. The van der Waals surface area contributed by atoms with Crippen molar-refractivity contribution < 1.29 is 0 Å². The molecule has 0 unspecified atom stereocenters. The van der Waals surface area contributed by atoms with E-state index < -0.39 is 0 Å². The van der Waals surface area contributed by atoms with E-state index in [1.54, 1.807) is 0 Å². The van der Waals surface area contributed by atoms with Crippen LogP contribution in [0.2, 0.25) is 0 Å². The van der Waals surface area contributed by atoms with Crippen molar-refractivity contribution in [1.82, 2.24) is 4.57 Å². The van der Waals surface area contributed by atoms with Gasteiger partial charge in [-0.1, -0.05) is 6.07 Å². The minimum Gasteiger partial charge on any atom is -0.364 e. The van der Waals surface area contributed by atoms with Crippen molar-refractivity contribution in [2.45, 2.75) is 0 Å². The quantitative estimate of drug-likeness (QED) is 0.390. The van der Waals surface area contributed by atoms with E-state index in [9.17, 15) is 0 Å². The molecule has 0 spiro atoms. The van der Waals surface area contributed by atoms with Crippen molar-refractivity contribution in [2.24, 2.45) is 7.05 Å². The summed E-state index contributed by atoms with van der Waals surface area (Å²) in [5.41, 5.74) is 0.806. The van der Waals surface area contributed by atoms with Crippen LogP contribution in [0.25, 0.3) is 0 Å². The van der Waals surface area contributed by atoms with Gasteiger partial charge in [0.15, 0.2) is 0 Å². The predicted molar refractivity (Wildman–Crippen MR) is 30.8 cm³/mol. The molecule has 7 heavy (non-hydrogen) atoms. The lowest BCUT2D eigenvalue weighted by molar-refractivity contribution is 0.959. The molecule has 0 saturated carbocycles. The highest BCUT2D eigenvalue weighted by atomic mass is 14.9. The smallest absolute Gasteiger partial charge is 0.138 e. The zero-order valence-electron chi connectivity index (χ0n) is 4.26. The average Bonchev–Trinajstić information content (AvgIpc) is 1.91. The summed E-state index contributed by atoms with van der Waals surface area (Å²) in [5.74, 6) is 0. The highest BCUT2D eigenvalue weighted by Gasteiger charge is 1.81. The van der Waals surface area contributed by atoms with E-state index in [0.29, 0.717) is 0 Å². The van der Waals surface area contributed by atoms with Crippen LogP contribution in [0.4, 0.5) is 0 Å². The molecule has 0 saturated heterocycles. The second-order valence-electron chi connectivity index (χ2n) is 1.54. The van der Waals surface area contributed by atoms with Crippen LogP contribution >= 0.6 is 0 Å². The van der Waals surface area contributed by atoms with Gasteiger partial charge in [0.25, 0.3) is 0 Å². The minimum absolute atomic E-state index is 0.806. The summed E-state index contributed by atoms with van der Waals surface area (Å²) in [5, 5.41) is 0. The van der Waals surface area contributed by atoms with Crippen LogP contribution in [0.1, 0.15) is 0 Å². The molecule has 0 aromatic carbocycles. The van der Waals surface area contributed by atoms with Crippen LogP contribution in [-0.4, -0.2) is 12.4 Å². The van der Waals surface area contributed by atoms with E-state index in [1.807, 2.05) is 29.9 Å². The number of nitrogens with zero attached hydrogens (tertiary/aromatic N) is 1. The van der Waals surface area contributed by atoms with Gasteiger partial charge in [-0.15, -0.1) is 0 Å². The second kappa shape index (κ2) is 1.45. The van der Waals surface area contributed by atoms with Crippen LogP contribution in [0.3, 0.4) is 0 Å². The largest absolute Gasteiger partial charge is 0.364 e. The van der Waals surface area contributed by atoms with Crippen molar-refractivity contribution in [3.05, 3.63) is 18.3 Å². The Balaban J connectivity index is 3.12. The molecule has 0 atom stereocenters. The number of aromatic nitrogens is 1. The van der Waals surface area contributed by atoms with Gasteiger partial charge in [0.2, 0.25) is 0 Å². The first-order valence-electron chi connectivity index (χ1n) is 2.17. The summed E-state index contributed by atoms with van der Waals surface area (Å²) in [6.45, 7) is 0. The van der Waals surface area contributed by atoms with Gasteiger partial charge in [-0.25, -0.2) is 0 Å². The van der Waals surface area contributed by atoms with Crippen LogP contribution in [0, 0.1) is 0 Å². The van der Waals surface area contributed by atoms with E-state index in [2.05, 4.69) is 0 Å². The van der Waals surface area contributed by atoms with Crippen molar-refractivity contribution >= 4 is 13.4 Å². The van der Waals surface area contributed by atoms with Crippen molar-refractivity contribution in [3.8, 4) is 0 Å². The number of hydrogen-bond donors (Lipinski definition) is 0. The van der Waals surface area contributed by atoms with E-state index in [-0.39, 0.29) is 0 Å². The molecule has 2 heteroatoms. The molecule has 0 aliphatic rings. The van der Waals surface area contributed by atoms with E-state index in [4.69, 9.17) is 7.85 Å². The third kappa shape index (κ3) is 0.685. The summed E-state index contributed by atoms with van der Waals surface area (Å²) >= 11 is 0. The molecular formula is C5H6BN. The third-order valence-corrected chi connectivity index (χ3v) is 0.984. The van der Waals surface area contributed by atoms with Gasteiger partial charge < -0.3 is 4.57 Å². The number of rotatable bonds is 0. The summed E-state index contributed by atoms with van der Waals surface area (Å²) < 4.78 is 1.86. The standard InChI is InChI=1S/C5H6BN/c1-7-4-2-3-5(7)6/h2-4H,1H3. The predicted octanol–water partition coefficient (Wildman–Crippen LogP) is -0.181. The molecule has 1 heterocycles. The van der Waals surface area contributed by atoms with Crippen LogP contribution in [0.15, 0.2) is 18.3 Å². The fourth-order valence-electron chi connectivity index (χ4n) is 0.474.